The van der Waals surface area contributed by atoms with Crippen LogP contribution in [0.3, 0.4) is 0 Å². The maximum Gasteiger partial charge on any atom is 0.251 e. The highest BCUT2D eigenvalue weighted by molar-refractivity contribution is 7.89. The molecule has 0 saturated carbocycles. The fraction of sp³-hybridized carbons (Fsp3) is 0.632. The van der Waals surface area contributed by atoms with Crippen molar-refractivity contribution >= 4 is 15.9 Å². The molecule has 1 atom stereocenters. The summed E-state index contributed by atoms with van der Waals surface area (Å²) in [4.78, 5) is 14.2. The lowest BCUT2D eigenvalue weighted by molar-refractivity contribution is -0.144. The van der Waals surface area contributed by atoms with Gasteiger partial charge in [-0.3, -0.25) is 4.79 Å². The minimum Gasteiger partial charge on any atom is -0.497 e. The fourth-order valence-corrected chi connectivity index (χ4v) is 4.62. The molecule has 9 nitrogen and oxygen atoms in total. The summed E-state index contributed by atoms with van der Waals surface area (Å²) in [7, 11) is -0.891. The molecule has 2 rings (SSSR count). The maximum atomic E-state index is 13.1. The molecule has 0 radical (unpaired) electrons. The third-order valence-corrected chi connectivity index (χ3v) is 6.61. The predicted octanol–water partition coefficient (Wildman–Crippen LogP) is 0.978. The average Bonchev–Trinajstić information content (AvgIpc) is 2.75. The van der Waals surface area contributed by atoms with Crippen molar-refractivity contribution in [2.24, 2.45) is 0 Å². The summed E-state index contributed by atoms with van der Waals surface area (Å²) in [5.74, 6) is 0.523. The SMILES string of the molecule is CCOCCOC(C)C(=O)N1CCN(S(=O)(=O)c2cc(OC)ccc2OC)CC1. The zero-order chi connectivity index (χ0) is 21.4. The van der Waals surface area contributed by atoms with E-state index in [1.165, 1.54) is 24.6 Å². The van der Waals surface area contributed by atoms with Crippen LogP contribution >= 0.6 is 0 Å². The summed E-state index contributed by atoms with van der Waals surface area (Å²) in [5.41, 5.74) is 0. The molecule has 1 unspecified atom stereocenters. The number of benzene rings is 1. The van der Waals surface area contributed by atoms with E-state index >= 15 is 0 Å². The van der Waals surface area contributed by atoms with Gasteiger partial charge in [-0.05, 0) is 26.0 Å². The van der Waals surface area contributed by atoms with Gasteiger partial charge in [-0.15, -0.1) is 0 Å². The van der Waals surface area contributed by atoms with Crippen molar-refractivity contribution in [1.82, 2.24) is 9.21 Å². The Balaban J connectivity index is 2.00. The zero-order valence-corrected chi connectivity index (χ0v) is 18.2. The highest BCUT2D eigenvalue weighted by Crippen LogP contribution is 2.31. The summed E-state index contributed by atoms with van der Waals surface area (Å²) < 4.78 is 48.6. The third kappa shape index (κ3) is 5.81. The molecular weight excluding hydrogens is 400 g/mol. The molecule has 1 aliphatic rings. The molecule has 0 aliphatic carbocycles. The lowest BCUT2D eigenvalue weighted by Crippen LogP contribution is -2.52. The van der Waals surface area contributed by atoms with Crippen LogP contribution in [0.2, 0.25) is 0 Å². The second kappa shape index (κ2) is 10.8. The Labute approximate surface area is 172 Å². The number of nitrogens with zero attached hydrogens (tertiary/aromatic N) is 2. The molecule has 29 heavy (non-hydrogen) atoms. The topological polar surface area (TPSA) is 94.6 Å². The van der Waals surface area contributed by atoms with Crippen molar-refractivity contribution in [3.05, 3.63) is 18.2 Å². The summed E-state index contributed by atoms with van der Waals surface area (Å²) in [6.07, 6.45) is -0.600. The van der Waals surface area contributed by atoms with Gasteiger partial charge in [-0.25, -0.2) is 8.42 Å². The minimum absolute atomic E-state index is 0.0479. The van der Waals surface area contributed by atoms with Crippen molar-refractivity contribution < 1.29 is 32.2 Å². The van der Waals surface area contributed by atoms with Crippen molar-refractivity contribution in [3.8, 4) is 11.5 Å². The van der Waals surface area contributed by atoms with Crippen LogP contribution in [0.5, 0.6) is 11.5 Å². The lowest BCUT2D eigenvalue weighted by atomic mass is 10.3. The molecule has 0 spiro atoms. The van der Waals surface area contributed by atoms with Gasteiger partial charge in [0.15, 0.2) is 0 Å². The molecule has 1 aromatic carbocycles. The summed E-state index contributed by atoms with van der Waals surface area (Å²) in [5, 5.41) is 0. The van der Waals surface area contributed by atoms with Crippen LogP contribution in [-0.4, -0.2) is 89.9 Å². The molecule has 1 amide bonds. The van der Waals surface area contributed by atoms with Crippen LogP contribution < -0.4 is 9.47 Å². The molecule has 1 heterocycles. The quantitative estimate of drug-likeness (QED) is 0.511. The van der Waals surface area contributed by atoms with Crippen LogP contribution in [0.25, 0.3) is 0 Å². The van der Waals surface area contributed by atoms with Gasteiger partial charge in [0.25, 0.3) is 5.91 Å². The first-order chi connectivity index (χ1) is 13.8. The Bertz CT molecular complexity index is 777. The highest BCUT2D eigenvalue weighted by atomic mass is 32.2. The van der Waals surface area contributed by atoms with E-state index in [-0.39, 0.29) is 29.6 Å². The van der Waals surface area contributed by atoms with Gasteiger partial charge < -0.3 is 23.8 Å². The highest BCUT2D eigenvalue weighted by Gasteiger charge is 2.33. The Kier molecular flexibility index (Phi) is 8.69. The lowest BCUT2D eigenvalue weighted by Gasteiger charge is -2.35. The van der Waals surface area contributed by atoms with E-state index in [9.17, 15) is 13.2 Å². The van der Waals surface area contributed by atoms with Crippen molar-refractivity contribution in [1.29, 1.82) is 0 Å². The largest absolute Gasteiger partial charge is 0.497 e. The molecule has 0 N–H and O–H groups in total. The number of hydrogen-bond acceptors (Lipinski definition) is 7. The summed E-state index contributed by atoms with van der Waals surface area (Å²) in [6.45, 7) is 5.93. The first-order valence-corrected chi connectivity index (χ1v) is 11.0. The zero-order valence-electron chi connectivity index (χ0n) is 17.4. The molecule has 0 bridgehead atoms. The van der Waals surface area contributed by atoms with Crippen LogP contribution in [0.15, 0.2) is 23.1 Å². The molecule has 1 fully saturated rings. The predicted molar refractivity (Wildman–Crippen MR) is 107 cm³/mol. The smallest absolute Gasteiger partial charge is 0.251 e. The number of carbonyl (C=O) groups excluding carboxylic acids is 1. The van der Waals surface area contributed by atoms with Gasteiger partial charge in [0.2, 0.25) is 10.0 Å². The number of carbonyl (C=O) groups is 1. The molecule has 1 saturated heterocycles. The molecule has 0 aromatic heterocycles. The molecule has 164 valence electrons. The first-order valence-electron chi connectivity index (χ1n) is 9.55. The first kappa shape index (κ1) is 23.4. The average molecular weight is 431 g/mol. The van der Waals surface area contributed by atoms with Gasteiger partial charge in [0.05, 0.1) is 27.4 Å². The van der Waals surface area contributed by atoms with E-state index in [1.54, 1.807) is 24.0 Å². The number of hydrogen-bond donors (Lipinski definition) is 0. The Morgan fingerprint density at radius 1 is 1.10 bits per heavy atom. The Hall–Kier alpha value is -1.88. The number of piperazine rings is 1. The number of amides is 1. The fourth-order valence-electron chi connectivity index (χ4n) is 3.03. The van der Waals surface area contributed by atoms with Crippen LogP contribution in [0.4, 0.5) is 0 Å². The normalized spacial score (nSPS) is 16.5. The number of methoxy groups -OCH3 is 2. The second-order valence-electron chi connectivity index (χ2n) is 6.46. The van der Waals surface area contributed by atoms with Crippen molar-refractivity contribution in [2.45, 2.75) is 24.8 Å². The Morgan fingerprint density at radius 3 is 2.38 bits per heavy atom. The molecule has 1 aliphatic heterocycles. The Morgan fingerprint density at radius 2 is 1.79 bits per heavy atom. The minimum atomic E-state index is -3.78. The van der Waals surface area contributed by atoms with Gasteiger partial charge in [0, 0.05) is 38.9 Å². The second-order valence-corrected chi connectivity index (χ2v) is 8.36. The number of sulfonamides is 1. The number of ether oxygens (including phenoxy) is 4. The molecular formula is C19H30N2O7S. The van der Waals surface area contributed by atoms with Crippen molar-refractivity contribution in [2.75, 3.05) is 60.2 Å². The van der Waals surface area contributed by atoms with Crippen LogP contribution in [-0.2, 0) is 24.3 Å². The van der Waals surface area contributed by atoms with Gasteiger partial charge in [0.1, 0.15) is 22.5 Å². The van der Waals surface area contributed by atoms with Gasteiger partial charge in [-0.2, -0.15) is 4.31 Å². The summed E-state index contributed by atoms with van der Waals surface area (Å²) in [6, 6.07) is 4.65. The van der Waals surface area contributed by atoms with E-state index in [2.05, 4.69) is 0 Å². The third-order valence-electron chi connectivity index (χ3n) is 4.69. The maximum absolute atomic E-state index is 13.1. The number of rotatable bonds is 10. The van der Waals surface area contributed by atoms with Gasteiger partial charge >= 0.3 is 0 Å². The monoisotopic (exact) mass is 430 g/mol. The van der Waals surface area contributed by atoms with E-state index < -0.39 is 16.1 Å². The van der Waals surface area contributed by atoms with Gasteiger partial charge in [-0.1, -0.05) is 0 Å². The van der Waals surface area contributed by atoms with E-state index in [4.69, 9.17) is 18.9 Å². The molecule has 10 heteroatoms. The molecule has 1 aromatic rings. The van der Waals surface area contributed by atoms with Crippen LogP contribution in [0, 0.1) is 0 Å². The summed E-state index contributed by atoms with van der Waals surface area (Å²) >= 11 is 0. The van der Waals surface area contributed by atoms with Crippen molar-refractivity contribution in [3.63, 3.8) is 0 Å². The van der Waals surface area contributed by atoms with E-state index in [0.29, 0.717) is 38.7 Å². The van der Waals surface area contributed by atoms with E-state index in [0.717, 1.165) is 0 Å². The van der Waals surface area contributed by atoms with E-state index in [1.807, 2.05) is 6.92 Å². The standard InChI is InChI=1S/C19H30N2O7S/c1-5-27-12-13-28-15(2)19(22)20-8-10-21(11-9-20)29(23,24)18-14-16(25-3)6-7-17(18)26-4/h6-7,14-15H,5,8-13H2,1-4H3. The van der Waals surface area contributed by atoms with Crippen LogP contribution in [0.1, 0.15) is 13.8 Å².